The smallest absolute Gasteiger partial charge is 0.206 e. The van der Waals surface area contributed by atoms with Gasteiger partial charge in [0.15, 0.2) is 5.01 Å². The summed E-state index contributed by atoms with van der Waals surface area (Å²) in [5.74, 6) is 1.51. The van der Waals surface area contributed by atoms with Crippen molar-refractivity contribution in [2.24, 2.45) is 0 Å². The maximum atomic E-state index is 10.7. The molecule has 0 bridgehead atoms. The van der Waals surface area contributed by atoms with Gasteiger partial charge in [-0.1, -0.05) is 17.4 Å². The van der Waals surface area contributed by atoms with Crippen molar-refractivity contribution in [3.8, 4) is 10.7 Å². The second kappa shape index (κ2) is 6.10. The zero-order chi connectivity index (χ0) is 16.4. The molecule has 0 aliphatic heterocycles. The lowest BCUT2D eigenvalue weighted by Gasteiger charge is -2.22. The maximum absolute atomic E-state index is 10.7. The lowest BCUT2D eigenvalue weighted by Crippen LogP contribution is -2.31. The Kier molecular flexibility index (Phi) is 4.14. The molecule has 6 nitrogen and oxygen atoms in total. The normalized spacial score (nSPS) is 13.7. The van der Waals surface area contributed by atoms with Crippen molar-refractivity contribution in [3.63, 3.8) is 0 Å². The van der Waals surface area contributed by atoms with Gasteiger partial charge < -0.3 is 14.8 Å². The molecule has 2 N–H and O–H groups in total. The summed E-state index contributed by atoms with van der Waals surface area (Å²) in [6.45, 7) is 5.77. The first-order valence-corrected chi connectivity index (χ1v) is 8.06. The zero-order valence-electron chi connectivity index (χ0n) is 13.2. The molecular formula is C16H18N4O2S. The van der Waals surface area contributed by atoms with Gasteiger partial charge in [0, 0.05) is 18.3 Å². The highest BCUT2D eigenvalue weighted by Crippen LogP contribution is 2.29. The molecule has 3 aromatic rings. The van der Waals surface area contributed by atoms with Gasteiger partial charge in [0.05, 0.1) is 0 Å². The summed E-state index contributed by atoms with van der Waals surface area (Å²) in [6, 6.07) is 7.51. The third-order valence-corrected chi connectivity index (χ3v) is 4.42. The minimum absolute atomic E-state index is 0.309. The van der Waals surface area contributed by atoms with Crippen molar-refractivity contribution in [1.29, 1.82) is 0 Å². The van der Waals surface area contributed by atoms with Crippen molar-refractivity contribution in [1.82, 2.24) is 15.2 Å². The molecule has 0 amide bonds. The Bertz CT molecular complexity index is 796. The fraction of sp³-hybridized carbons (Fsp3) is 0.312. The van der Waals surface area contributed by atoms with Gasteiger partial charge >= 0.3 is 0 Å². The van der Waals surface area contributed by atoms with Crippen LogP contribution in [0.3, 0.4) is 0 Å². The van der Waals surface area contributed by atoms with Gasteiger partial charge in [0.2, 0.25) is 5.13 Å². The van der Waals surface area contributed by atoms with Crippen molar-refractivity contribution < 1.29 is 9.52 Å². The number of aryl methyl sites for hydroxylation is 2. The van der Waals surface area contributed by atoms with Crippen molar-refractivity contribution in [2.75, 3.05) is 11.9 Å². The van der Waals surface area contributed by atoms with E-state index < -0.39 is 5.60 Å². The molecule has 3 rings (SSSR count). The molecule has 3 aromatic heterocycles. The quantitative estimate of drug-likeness (QED) is 0.748. The highest BCUT2D eigenvalue weighted by molar-refractivity contribution is 7.18. The molecule has 0 radical (unpaired) electrons. The number of aromatic nitrogens is 3. The number of anilines is 1. The predicted octanol–water partition coefficient (Wildman–Crippen LogP) is 3.13. The van der Waals surface area contributed by atoms with Crippen molar-refractivity contribution in [2.45, 2.75) is 26.4 Å². The van der Waals surface area contributed by atoms with E-state index in [2.05, 4.69) is 20.5 Å². The van der Waals surface area contributed by atoms with E-state index in [-0.39, 0.29) is 0 Å². The number of furan rings is 1. The second-order valence-electron chi connectivity index (χ2n) is 5.58. The summed E-state index contributed by atoms with van der Waals surface area (Å²) in [5.41, 5.74) is 0.502. The topological polar surface area (TPSA) is 84.1 Å². The molecule has 0 spiro atoms. The fourth-order valence-electron chi connectivity index (χ4n) is 2.40. The van der Waals surface area contributed by atoms with Crippen LogP contribution in [0.1, 0.15) is 24.0 Å². The van der Waals surface area contributed by atoms with Crippen molar-refractivity contribution >= 4 is 16.5 Å². The van der Waals surface area contributed by atoms with Crippen LogP contribution in [0.4, 0.5) is 5.13 Å². The highest BCUT2D eigenvalue weighted by Gasteiger charge is 2.28. The SMILES string of the molecule is Cc1cc(C(C)(O)CNc2nnc(-c3ccccn3)s2)c(C)o1. The Morgan fingerprint density at radius 3 is 2.78 bits per heavy atom. The summed E-state index contributed by atoms with van der Waals surface area (Å²) in [4.78, 5) is 4.25. The van der Waals surface area contributed by atoms with E-state index in [0.717, 1.165) is 27.8 Å². The Labute approximate surface area is 138 Å². The monoisotopic (exact) mass is 330 g/mol. The second-order valence-corrected chi connectivity index (χ2v) is 6.56. The maximum Gasteiger partial charge on any atom is 0.206 e. The average molecular weight is 330 g/mol. The van der Waals surface area contributed by atoms with Crippen LogP contribution in [-0.2, 0) is 5.60 Å². The van der Waals surface area contributed by atoms with Gasteiger partial charge in [-0.3, -0.25) is 4.98 Å². The summed E-state index contributed by atoms with van der Waals surface area (Å²) in [7, 11) is 0. The van der Waals surface area contributed by atoms with Gasteiger partial charge in [-0.05, 0) is 39.0 Å². The molecule has 0 saturated carbocycles. The van der Waals surface area contributed by atoms with Crippen LogP contribution in [0.15, 0.2) is 34.9 Å². The number of rotatable bonds is 5. The molecule has 23 heavy (non-hydrogen) atoms. The van der Waals surface area contributed by atoms with Crippen LogP contribution in [0.25, 0.3) is 10.7 Å². The van der Waals surface area contributed by atoms with E-state index >= 15 is 0 Å². The number of pyridine rings is 1. The third kappa shape index (κ3) is 3.40. The number of aliphatic hydroxyl groups is 1. The van der Waals surface area contributed by atoms with Gasteiger partial charge in [-0.2, -0.15) is 0 Å². The van der Waals surface area contributed by atoms with E-state index in [0.29, 0.717) is 11.7 Å². The lowest BCUT2D eigenvalue weighted by molar-refractivity contribution is 0.0699. The average Bonchev–Trinajstić information content (AvgIpc) is 3.13. The summed E-state index contributed by atoms with van der Waals surface area (Å²) >= 11 is 1.40. The molecule has 1 atom stereocenters. The third-order valence-electron chi connectivity index (χ3n) is 3.51. The standard InChI is InChI=1S/C16H18N4O2S/c1-10-8-12(11(2)22-10)16(3,21)9-18-15-20-19-14(23-15)13-6-4-5-7-17-13/h4-8,21H,9H2,1-3H3,(H,18,20). The van der Waals surface area contributed by atoms with Crippen LogP contribution in [0.5, 0.6) is 0 Å². The molecule has 0 aliphatic carbocycles. The van der Waals surface area contributed by atoms with Crippen LogP contribution in [0.2, 0.25) is 0 Å². The Morgan fingerprint density at radius 2 is 2.13 bits per heavy atom. The molecule has 7 heteroatoms. The molecule has 0 aliphatic rings. The molecule has 0 aromatic carbocycles. The Balaban J connectivity index is 1.71. The van der Waals surface area contributed by atoms with Crippen LogP contribution in [-0.4, -0.2) is 26.8 Å². The van der Waals surface area contributed by atoms with E-state index in [1.165, 1.54) is 11.3 Å². The number of hydrogen-bond acceptors (Lipinski definition) is 7. The number of hydrogen-bond donors (Lipinski definition) is 2. The first kappa shape index (κ1) is 15.6. The molecule has 120 valence electrons. The Morgan fingerprint density at radius 1 is 1.30 bits per heavy atom. The van der Waals surface area contributed by atoms with Gasteiger partial charge in [0.25, 0.3) is 0 Å². The summed E-state index contributed by atoms with van der Waals surface area (Å²) in [6.07, 6.45) is 1.72. The minimum Gasteiger partial charge on any atom is -0.466 e. The predicted molar refractivity (Wildman–Crippen MR) is 89.4 cm³/mol. The first-order valence-electron chi connectivity index (χ1n) is 7.24. The van der Waals surface area contributed by atoms with Crippen molar-refractivity contribution in [3.05, 3.63) is 47.5 Å². The van der Waals surface area contributed by atoms with Gasteiger partial charge in [0.1, 0.15) is 22.8 Å². The van der Waals surface area contributed by atoms with E-state index in [1.54, 1.807) is 13.1 Å². The molecule has 1 unspecified atom stereocenters. The molecule has 3 heterocycles. The largest absolute Gasteiger partial charge is 0.466 e. The van der Waals surface area contributed by atoms with Crippen LogP contribution in [0, 0.1) is 13.8 Å². The molecule has 0 saturated heterocycles. The first-order chi connectivity index (χ1) is 11.0. The lowest BCUT2D eigenvalue weighted by atomic mass is 9.96. The number of nitrogens with zero attached hydrogens (tertiary/aromatic N) is 3. The molecule has 0 fully saturated rings. The van der Waals surface area contributed by atoms with E-state index in [1.807, 2.05) is 38.1 Å². The van der Waals surface area contributed by atoms with Crippen LogP contribution < -0.4 is 5.32 Å². The van der Waals surface area contributed by atoms with E-state index in [4.69, 9.17) is 4.42 Å². The van der Waals surface area contributed by atoms with E-state index in [9.17, 15) is 5.11 Å². The summed E-state index contributed by atoms with van der Waals surface area (Å²) < 4.78 is 5.49. The number of nitrogens with one attached hydrogen (secondary N) is 1. The summed E-state index contributed by atoms with van der Waals surface area (Å²) in [5, 5.41) is 23.4. The van der Waals surface area contributed by atoms with Gasteiger partial charge in [-0.15, -0.1) is 10.2 Å². The highest BCUT2D eigenvalue weighted by atomic mass is 32.1. The van der Waals surface area contributed by atoms with Gasteiger partial charge in [-0.25, -0.2) is 0 Å². The zero-order valence-corrected chi connectivity index (χ0v) is 14.0. The molecular weight excluding hydrogens is 312 g/mol. The van der Waals surface area contributed by atoms with Crippen LogP contribution >= 0.6 is 11.3 Å². The fourth-order valence-corrected chi connectivity index (χ4v) is 3.11. The minimum atomic E-state index is -1.06. The Hall–Kier alpha value is -2.25.